The van der Waals surface area contributed by atoms with Crippen LogP contribution in [-0.4, -0.2) is 19.1 Å². The Kier molecular flexibility index (Phi) is 3.42. The van der Waals surface area contributed by atoms with E-state index < -0.39 is 34.1 Å². The molecule has 0 aliphatic heterocycles. The maximum Gasteiger partial charge on any atom is 0.455 e. The number of alkyl halides is 3. The minimum Gasteiger partial charge on any atom is -0.496 e. The molecule has 0 N–H and O–H groups in total. The fourth-order valence-corrected chi connectivity index (χ4v) is 1.21. The summed E-state index contributed by atoms with van der Waals surface area (Å²) < 4.78 is 54.2. The molecule has 0 heterocycles. The van der Waals surface area contributed by atoms with Gasteiger partial charge in [0.25, 0.3) is 5.78 Å². The van der Waals surface area contributed by atoms with Crippen LogP contribution in [0.3, 0.4) is 0 Å². The predicted molar refractivity (Wildman–Crippen MR) is 48.3 cm³/mol. The van der Waals surface area contributed by atoms with Gasteiger partial charge in [0, 0.05) is 0 Å². The number of methoxy groups -OCH3 is 1. The number of halogens is 5. The normalized spacial score (nSPS) is 11.4. The Labute approximate surface area is 92.8 Å². The summed E-state index contributed by atoms with van der Waals surface area (Å²) in [7, 11) is 1.02. The highest BCUT2D eigenvalue weighted by Gasteiger charge is 2.42. The van der Waals surface area contributed by atoms with Crippen LogP contribution in [0.1, 0.15) is 10.4 Å². The SMILES string of the molecule is COc1ccc(Cl)c(F)c1C(=O)C(F)(F)F. The fraction of sp³-hybridized carbons (Fsp3) is 0.222. The van der Waals surface area contributed by atoms with Crippen LogP contribution in [0.15, 0.2) is 12.1 Å². The molecule has 1 aromatic carbocycles. The summed E-state index contributed by atoms with van der Waals surface area (Å²) in [5, 5.41) is -0.576. The second-order valence-corrected chi connectivity index (χ2v) is 3.17. The number of hydrogen-bond acceptors (Lipinski definition) is 2. The Morgan fingerprint density at radius 1 is 1.38 bits per heavy atom. The van der Waals surface area contributed by atoms with Gasteiger partial charge in [-0.05, 0) is 12.1 Å². The number of rotatable bonds is 2. The van der Waals surface area contributed by atoms with Crippen LogP contribution >= 0.6 is 11.6 Å². The molecule has 0 atom stereocenters. The summed E-state index contributed by atoms with van der Waals surface area (Å²) >= 11 is 5.29. The lowest BCUT2D eigenvalue weighted by Crippen LogP contribution is -2.24. The van der Waals surface area contributed by atoms with E-state index in [1.54, 1.807) is 0 Å². The van der Waals surface area contributed by atoms with E-state index in [1.165, 1.54) is 0 Å². The molecule has 16 heavy (non-hydrogen) atoms. The number of carbonyl (C=O) groups is 1. The first-order valence-electron chi connectivity index (χ1n) is 3.92. The van der Waals surface area contributed by atoms with Gasteiger partial charge in [0.1, 0.15) is 11.3 Å². The summed E-state index contributed by atoms with van der Waals surface area (Å²) in [6, 6.07) is 1.99. The third-order valence-corrected chi connectivity index (χ3v) is 2.05. The van der Waals surface area contributed by atoms with Gasteiger partial charge < -0.3 is 4.74 Å². The van der Waals surface area contributed by atoms with Crippen molar-refractivity contribution in [2.75, 3.05) is 7.11 Å². The van der Waals surface area contributed by atoms with Crippen molar-refractivity contribution in [3.63, 3.8) is 0 Å². The van der Waals surface area contributed by atoms with Gasteiger partial charge in [-0.15, -0.1) is 0 Å². The van der Waals surface area contributed by atoms with E-state index in [2.05, 4.69) is 4.74 Å². The number of benzene rings is 1. The molecule has 0 amide bonds. The van der Waals surface area contributed by atoms with Crippen molar-refractivity contribution in [3.8, 4) is 5.75 Å². The Bertz CT molecular complexity index is 428. The molecule has 0 fully saturated rings. The first-order chi connectivity index (χ1) is 7.29. The van der Waals surface area contributed by atoms with E-state index in [4.69, 9.17) is 11.6 Å². The standard InChI is InChI=1S/C9H5ClF4O2/c1-16-5-3-2-4(10)7(11)6(5)8(15)9(12,13)14/h2-3H,1H3. The van der Waals surface area contributed by atoms with Crippen LogP contribution < -0.4 is 4.74 Å². The molecule has 2 nitrogen and oxygen atoms in total. The molecule has 0 radical (unpaired) electrons. The Hall–Kier alpha value is -1.30. The lowest BCUT2D eigenvalue weighted by atomic mass is 10.1. The summed E-state index contributed by atoms with van der Waals surface area (Å²) in [5.74, 6) is -4.28. The van der Waals surface area contributed by atoms with Crippen molar-refractivity contribution in [1.82, 2.24) is 0 Å². The molecule has 0 aromatic heterocycles. The highest BCUT2D eigenvalue weighted by atomic mass is 35.5. The van der Waals surface area contributed by atoms with Crippen LogP contribution in [0.2, 0.25) is 5.02 Å². The first kappa shape index (κ1) is 12.8. The average Bonchev–Trinajstić information content (AvgIpc) is 2.19. The van der Waals surface area contributed by atoms with Crippen molar-refractivity contribution >= 4 is 17.4 Å². The van der Waals surface area contributed by atoms with Crippen LogP contribution in [0.25, 0.3) is 0 Å². The third-order valence-electron chi connectivity index (χ3n) is 1.76. The molecule has 0 aliphatic rings. The number of ketones is 1. The largest absolute Gasteiger partial charge is 0.496 e. The molecular weight excluding hydrogens is 252 g/mol. The van der Waals surface area contributed by atoms with Crippen LogP contribution in [0, 0.1) is 5.82 Å². The van der Waals surface area contributed by atoms with Crippen LogP contribution in [-0.2, 0) is 0 Å². The van der Waals surface area contributed by atoms with Crippen molar-refractivity contribution in [2.45, 2.75) is 6.18 Å². The molecule has 0 saturated carbocycles. The molecule has 1 rings (SSSR count). The van der Waals surface area contributed by atoms with E-state index >= 15 is 0 Å². The molecule has 0 saturated heterocycles. The van der Waals surface area contributed by atoms with Crippen LogP contribution in [0.4, 0.5) is 17.6 Å². The molecular formula is C9H5ClF4O2. The average molecular weight is 257 g/mol. The summed E-state index contributed by atoms with van der Waals surface area (Å²) in [5.41, 5.74) is -1.21. The van der Waals surface area contributed by atoms with Crippen LogP contribution in [0.5, 0.6) is 5.75 Å². The van der Waals surface area contributed by atoms with Gasteiger partial charge in [0.15, 0.2) is 5.82 Å². The molecule has 0 bridgehead atoms. The first-order valence-corrected chi connectivity index (χ1v) is 4.30. The van der Waals surface area contributed by atoms with Gasteiger partial charge in [0.05, 0.1) is 12.1 Å². The summed E-state index contributed by atoms with van der Waals surface area (Å²) in [6.45, 7) is 0. The third kappa shape index (κ3) is 2.27. The Balaban J connectivity index is 3.42. The van der Waals surface area contributed by atoms with Gasteiger partial charge >= 0.3 is 6.18 Å². The van der Waals surface area contributed by atoms with Gasteiger partial charge in [-0.2, -0.15) is 13.2 Å². The zero-order chi connectivity index (χ0) is 12.5. The predicted octanol–water partition coefficient (Wildman–Crippen LogP) is 3.23. The van der Waals surface area contributed by atoms with Crippen molar-refractivity contribution in [3.05, 3.63) is 28.5 Å². The lowest BCUT2D eigenvalue weighted by Gasteiger charge is -2.11. The fourth-order valence-electron chi connectivity index (χ4n) is 1.06. The molecule has 0 aliphatic carbocycles. The van der Waals surface area contributed by atoms with Gasteiger partial charge in [-0.1, -0.05) is 11.6 Å². The van der Waals surface area contributed by atoms with Gasteiger partial charge in [-0.3, -0.25) is 4.79 Å². The second kappa shape index (κ2) is 4.29. The quantitative estimate of drug-likeness (QED) is 0.600. The molecule has 7 heteroatoms. The molecule has 0 spiro atoms. The van der Waals surface area contributed by atoms with Gasteiger partial charge in [0.2, 0.25) is 0 Å². The zero-order valence-corrected chi connectivity index (χ0v) is 8.62. The van der Waals surface area contributed by atoms with E-state index in [1.807, 2.05) is 0 Å². The summed E-state index contributed by atoms with van der Waals surface area (Å²) in [6.07, 6.45) is -5.18. The van der Waals surface area contributed by atoms with Crippen molar-refractivity contribution in [1.29, 1.82) is 0 Å². The van der Waals surface area contributed by atoms with E-state index in [0.29, 0.717) is 0 Å². The van der Waals surface area contributed by atoms with E-state index in [0.717, 1.165) is 19.2 Å². The molecule has 1 aromatic rings. The number of hydrogen-bond donors (Lipinski definition) is 0. The highest BCUT2D eigenvalue weighted by Crippen LogP contribution is 2.32. The zero-order valence-electron chi connectivity index (χ0n) is 7.86. The Morgan fingerprint density at radius 2 is 1.94 bits per heavy atom. The number of ether oxygens (including phenoxy) is 1. The number of carbonyl (C=O) groups excluding carboxylic acids is 1. The molecule has 88 valence electrons. The minimum atomic E-state index is -5.18. The monoisotopic (exact) mass is 256 g/mol. The van der Waals surface area contributed by atoms with Crippen molar-refractivity contribution in [2.24, 2.45) is 0 Å². The summed E-state index contributed by atoms with van der Waals surface area (Å²) in [4.78, 5) is 10.9. The van der Waals surface area contributed by atoms with Gasteiger partial charge in [-0.25, -0.2) is 4.39 Å². The van der Waals surface area contributed by atoms with E-state index in [-0.39, 0.29) is 0 Å². The molecule has 0 unspecified atom stereocenters. The minimum absolute atomic E-state index is 0.510. The maximum atomic E-state index is 13.3. The highest BCUT2D eigenvalue weighted by molar-refractivity contribution is 6.31. The van der Waals surface area contributed by atoms with Crippen molar-refractivity contribution < 1.29 is 27.1 Å². The lowest BCUT2D eigenvalue weighted by molar-refractivity contribution is -0.0888. The maximum absolute atomic E-state index is 13.3. The topological polar surface area (TPSA) is 26.3 Å². The smallest absolute Gasteiger partial charge is 0.455 e. The van der Waals surface area contributed by atoms with E-state index in [9.17, 15) is 22.4 Å². The second-order valence-electron chi connectivity index (χ2n) is 2.77. The number of Topliss-reactive ketones (excluding diaryl/α,β-unsaturated/α-hetero) is 1. The Morgan fingerprint density at radius 3 is 2.38 bits per heavy atom.